The molecular weight excluding hydrogens is 366 g/mol. The summed E-state index contributed by atoms with van der Waals surface area (Å²) in [5.74, 6) is -2.40. The molecule has 0 aliphatic heterocycles. The first-order valence-electron chi connectivity index (χ1n) is 9.44. The lowest BCUT2D eigenvalue weighted by Crippen LogP contribution is -2.55. The molecule has 0 bridgehead atoms. The number of guanidine groups is 1. The number of carbonyl (C=O) groups excluding carboxylic acids is 2. The summed E-state index contributed by atoms with van der Waals surface area (Å²) < 4.78 is 0. The van der Waals surface area contributed by atoms with Gasteiger partial charge in [0.25, 0.3) is 0 Å². The van der Waals surface area contributed by atoms with E-state index in [0.29, 0.717) is 25.8 Å². The van der Waals surface area contributed by atoms with Gasteiger partial charge in [-0.25, -0.2) is 4.79 Å². The summed E-state index contributed by atoms with van der Waals surface area (Å²) in [5.41, 5.74) is 21.8. The van der Waals surface area contributed by atoms with Crippen molar-refractivity contribution in [2.24, 2.45) is 33.8 Å². The lowest BCUT2D eigenvalue weighted by Gasteiger charge is -2.23. The predicted octanol–water partition coefficient (Wildman–Crippen LogP) is -1.79. The molecule has 0 aromatic carbocycles. The topological polar surface area (TPSA) is 212 Å². The number of carbonyl (C=O) groups is 3. The Morgan fingerprint density at radius 3 is 2.04 bits per heavy atom. The van der Waals surface area contributed by atoms with E-state index in [1.807, 2.05) is 0 Å². The van der Waals surface area contributed by atoms with Crippen LogP contribution in [0.15, 0.2) is 4.99 Å². The van der Waals surface area contributed by atoms with E-state index in [0.717, 1.165) is 0 Å². The largest absolute Gasteiger partial charge is 0.480 e. The predicted molar refractivity (Wildman–Crippen MR) is 107 cm³/mol. The van der Waals surface area contributed by atoms with E-state index in [-0.39, 0.29) is 31.3 Å². The van der Waals surface area contributed by atoms with Crippen molar-refractivity contribution in [2.75, 3.05) is 13.1 Å². The highest BCUT2D eigenvalue weighted by molar-refractivity contribution is 5.91. The molecule has 0 fully saturated rings. The smallest absolute Gasteiger partial charge is 0.326 e. The molecule has 3 unspecified atom stereocenters. The second-order valence-electron chi connectivity index (χ2n) is 6.96. The number of carboxylic acids is 1. The van der Waals surface area contributed by atoms with Crippen LogP contribution >= 0.6 is 0 Å². The standard InChI is InChI=1S/C17H35N7O4/c1-10(2)13(19)15(26)23-11(7-5-9-22-17(20)21)14(25)24-12(16(27)28)6-3-4-8-18/h10-13H,3-9,18-19H2,1-2H3,(H,23,26)(H,24,25)(H,27,28)(H4,20,21,22). The monoisotopic (exact) mass is 401 g/mol. The maximum absolute atomic E-state index is 12.6. The SMILES string of the molecule is CC(C)C(N)C(=O)NC(CCCN=C(N)N)C(=O)NC(CCCCN)C(=O)O. The van der Waals surface area contributed by atoms with Crippen molar-refractivity contribution in [3.8, 4) is 0 Å². The number of rotatable bonds is 14. The van der Waals surface area contributed by atoms with Crippen molar-refractivity contribution in [3.05, 3.63) is 0 Å². The van der Waals surface area contributed by atoms with Crippen LogP contribution in [0.4, 0.5) is 0 Å². The number of nitrogens with zero attached hydrogens (tertiary/aromatic N) is 1. The molecule has 0 saturated heterocycles. The molecule has 0 rings (SSSR count). The molecule has 0 saturated carbocycles. The first-order chi connectivity index (χ1) is 13.1. The highest BCUT2D eigenvalue weighted by Gasteiger charge is 2.28. The number of carboxylic acid groups (broad SMARTS) is 1. The quantitative estimate of drug-likeness (QED) is 0.0999. The second-order valence-corrected chi connectivity index (χ2v) is 6.96. The fourth-order valence-electron chi connectivity index (χ4n) is 2.37. The Bertz CT molecular complexity index is 536. The van der Waals surface area contributed by atoms with Crippen LogP contribution in [0.25, 0.3) is 0 Å². The van der Waals surface area contributed by atoms with Crippen LogP contribution in [-0.4, -0.2) is 60.1 Å². The van der Waals surface area contributed by atoms with E-state index in [9.17, 15) is 19.5 Å². The normalized spacial score (nSPS) is 14.0. The zero-order valence-electron chi connectivity index (χ0n) is 16.7. The van der Waals surface area contributed by atoms with Gasteiger partial charge in [-0.1, -0.05) is 13.8 Å². The summed E-state index contributed by atoms with van der Waals surface area (Å²) in [7, 11) is 0. The highest BCUT2D eigenvalue weighted by Crippen LogP contribution is 2.06. The summed E-state index contributed by atoms with van der Waals surface area (Å²) >= 11 is 0. The lowest BCUT2D eigenvalue weighted by molar-refractivity contribution is -0.142. The van der Waals surface area contributed by atoms with Crippen LogP contribution in [-0.2, 0) is 14.4 Å². The van der Waals surface area contributed by atoms with E-state index in [1.54, 1.807) is 13.8 Å². The Hall–Kier alpha value is -2.40. The van der Waals surface area contributed by atoms with Crippen LogP contribution in [0.2, 0.25) is 0 Å². The molecule has 11 nitrogen and oxygen atoms in total. The minimum atomic E-state index is -1.14. The molecule has 28 heavy (non-hydrogen) atoms. The van der Waals surface area contributed by atoms with Crippen LogP contribution in [0.1, 0.15) is 46.0 Å². The van der Waals surface area contributed by atoms with Gasteiger partial charge in [0.15, 0.2) is 5.96 Å². The van der Waals surface area contributed by atoms with Crippen molar-refractivity contribution in [1.82, 2.24) is 10.6 Å². The van der Waals surface area contributed by atoms with E-state index in [1.165, 1.54) is 0 Å². The van der Waals surface area contributed by atoms with Gasteiger partial charge in [0.1, 0.15) is 12.1 Å². The molecule has 2 amide bonds. The lowest BCUT2D eigenvalue weighted by atomic mass is 10.0. The molecule has 0 heterocycles. The van der Waals surface area contributed by atoms with Crippen molar-refractivity contribution in [1.29, 1.82) is 0 Å². The van der Waals surface area contributed by atoms with Crippen molar-refractivity contribution >= 4 is 23.7 Å². The third-order valence-corrected chi connectivity index (χ3v) is 4.16. The zero-order valence-corrected chi connectivity index (χ0v) is 16.7. The Labute approximate surface area is 165 Å². The summed E-state index contributed by atoms with van der Waals surface area (Å²) in [5, 5.41) is 14.4. The summed E-state index contributed by atoms with van der Waals surface area (Å²) in [6, 6.07) is -2.79. The number of unbranched alkanes of at least 4 members (excludes halogenated alkanes) is 1. The molecule has 0 spiro atoms. The molecular formula is C17H35N7O4. The zero-order chi connectivity index (χ0) is 21.7. The van der Waals surface area contributed by atoms with Crippen LogP contribution in [0.5, 0.6) is 0 Å². The minimum absolute atomic E-state index is 0.0716. The average molecular weight is 402 g/mol. The Balaban J connectivity index is 5.06. The number of hydrogen-bond acceptors (Lipinski definition) is 6. The number of hydrogen-bond donors (Lipinski definition) is 7. The average Bonchev–Trinajstić information content (AvgIpc) is 2.61. The van der Waals surface area contributed by atoms with E-state index in [2.05, 4.69) is 15.6 Å². The molecule has 3 atom stereocenters. The molecule has 0 aromatic rings. The Kier molecular flexibility index (Phi) is 12.5. The third kappa shape index (κ3) is 10.7. The summed E-state index contributed by atoms with van der Waals surface area (Å²) in [6.45, 7) is 4.29. The Morgan fingerprint density at radius 1 is 0.964 bits per heavy atom. The fourth-order valence-corrected chi connectivity index (χ4v) is 2.37. The molecule has 0 radical (unpaired) electrons. The number of nitrogens with one attached hydrogen (secondary N) is 2. The van der Waals surface area contributed by atoms with Gasteiger partial charge in [-0.05, 0) is 44.6 Å². The van der Waals surface area contributed by atoms with Gasteiger partial charge in [0.2, 0.25) is 11.8 Å². The molecule has 162 valence electrons. The van der Waals surface area contributed by atoms with Gasteiger partial charge in [-0.3, -0.25) is 14.6 Å². The Morgan fingerprint density at radius 2 is 1.54 bits per heavy atom. The van der Waals surface area contributed by atoms with E-state index < -0.39 is 35.9 Å². The van der Waals surface area contributed by atoms with Crippen LogP contribution in [0, 0.1) is 5.92 Å². The second kappa shape index (κ2) is 13.7. The molecule has 0 aromatic heterocycles. The third-order valence-electron chi connectivity index (χ3n) is 4.16. The molecule has 0 aliphatic carbocycles. The van der Waals surface area contributed by atoms with Crippen molar-refractivity contribution < 1.29 is 19.5 Å². The summed E-state index contributed by atoms with van der Waals surface area (Å²) in [4.78, 5) is 40.1. The maximum Gasteiger partial charge on any atom is 0.326 e. The van der Waals surface area contributed by atoms with Crippen molar-refractivity contribution in [2.45, 2.75) is 64.1 Å². The highest BCUT2D eigenvalue weighted by atomic mass is 16.4. The summed E-state index contributed by atoms with van der Waals surface area (Å²) in [6.07, 6.45) is 2.11. The van der Waals surface area contributed by atoms with Crippen LogP contribution < -0.4 is 33.6 Å². The van der Waals surface area contributed by atoms with Gasteiger partial charge >= 0.3 is 5.97 Å². The van der Waals surface area contributed by atoms with Gasteiger partial charge < -0.3 is 38.7 Å². The molecule has 0 aliphatic rings. The van der Waals surface area contributed by atoms with Gasteiger partial charge in [0, 0.05) is 6.54 Å². The number of aliphatic imine (C=N–C) groups is 1. The van der Waals surface area contributed by atoms with Gasteiger partial charge in [-0.2, -0.15) is 0 Å². The van der Waals surface area contributed by atoms with E-state index >= 15 is 0 Å². The van der Waals surface area contributed by atoms with E-state index in [4.69, 9.17) is 22.9 Å². The first kappa shape index (κ1) is 25.6. The van der Waals surface area contributed by atoms with Crippen molar-refractivity contribution in [3.63, 3.8) is 0 Å². The number of amides is 2. The molecule has 11 N–H and O–H groups in total. The maximum atomic E-state index is 12.6. The number of aliphatic carboxylic acids is 1. The molecule has 11 heteroatoms. The minimum Gasteiger partial charge on any atom is -0.480 e. The fraction of sp³-hybridized carbons (Fsp3) is 0.765. The number of nitrogens with two attached hydrogens (primary N) is 4. The van der Waals surface area contributed by atoms with Gasteiger partial charge in [0.05, 0.1) is 6.04 Å². The van der Waals surface area contributed by atoms with Gasteiger partial charge in [-0.15, -0.1) is 0 Å². The first-order valence-corrected chi connectivity index (χ1v) is 9.44. The van der Waals surface area contributed by atoms with Crippen LogP contribution in [0.3, 0.4) is 0 Å².